The Bertz CT molecular complexity index is 947. The number of nitrogens with zero attached hydrogens (tertiary/aromatic N) is 3. The van der Waals surface area contributed by atoms with Crippen LogP contribution in [0.1, 0.15) is 38.1 Å². The zero-order valence-corrected chi connectivity index (χ0v) is 13.9. The van der Waals surface area contributed by atoms with Gasteiger partial charge in [0.2, 0.25) is 5.91 Å². The molecule has 4 rings (SSSR count). The Balaban J connectivity index is 1.44. The number of carbonyl (C=O) groups is 1. The molecule has 2 aromatic heterocycles. The summed E-state index contributed by atoms with van der Waals surface area (Å²) in [5.74, 6) is 0.142. The number of rotatable bonds is 5. The molecule has 1 fully saturated rings. The van der Waals surface area contributed by atoms with Crippen LogP contribution in [-0.4, -0.2) is 20.3 Å². The number of nitrogens with one attached hydrogen (secondary N) is 1. The van der Waals surface area contributed by atoms with Crippen LogP contribution in [0.15, 0.2) is 45.7 Å². The van der Waals surface area contributed by atoms with Gasteiger partial charge in [-0.3, -0.25) is 9.36 Å². The van der Waals surface area contributed by atoms with E-state index in [1.165, 1.54) is 17.4 Å². The fraction of sp³-hybridized carbons (Fsp3) is 0.389. The van der Waals surface area contributed by atoms with E-state index in [0.29, 0.717) is 17.1 Å². The highest BCUT2D eigenvalue weighted by atomic mass is 16.4. The maximum Gasteiger partial charge on any atom is 0.419 e. The lowest BCUT2D eigenvalue weighted by Crippen LogP contribution is -2.21. The van der Waals surface area contributed by atoms with Gasteiger partial charge in [-0.25, -0.2) is 9.48 Å². The van der Waals surface area contributed by atoms with E-state index in [4.69, 9.17) is 4.42 Å². The van der Waals surface area contributed by atoms with E-state index in [1.54, 1.807) is 12.3 Å². The molecule has 1 amide bonds. The fourth-order valence-electron chi connectivity index (χ4n) is 3.50. The molecule has 130 valence electrons. The Labute approximate surface area is 144 Å². The Morgan fingerprint density at radius 1 is 1.24 bits per heavy atom. The van der Waals surface area contributed by atoms with Gasteiger partial charge in [0.25, 0.3) is 0 Å². The SMILES string of the molecule is O=C(CCn1c(=O)oc2ccccc21)Nc1ccnn1C1CCCC1. The minimum Gasteiger partial charge on any atom is -0.408 e. The van der Waals surface area contributed by atoms with Crippen LogP contribution in [0.4, 0.5) is 5.82 Å². The number of anilines is 1. The second-order valence-electron chi connectivity index (χ2n) is 6.38. The summed E-state index contributed by atoms with van der Waals surface area (Å²) in [6.07, 6.45) is 6.51. The molecule has 0 bridgehead atoms. The third kappa shape index (κ3) is 3.09. The zero-order chi connectivity index (χ0) is 17.2. The van der Waals surface area contributed by atoms with Crippen molar-refractivity contribution in [1.29, 1.82) is 0 Å². The summed E-state index contributed by atoms with van der Waals surface area (Å²) in [5.41, 5.74) is 1.24. The van der Waals surface area contributed by atoms with Gasteiger partial charge in [0.15, 0.2) is 5.58 Å². The van der Waals surface area contributed by atoms with Gasteiger partial charge in [0, 0.05) is 19.0 Å². The normalized spacial score (nSPS) is 15.0. The maximum absolute atomic E-state index is 12.3. The fourth-order valence-corrected chi connectivity index (χ4v) is 3.50. The number of hydrogen-bond acceptors (Lipinski definition) is 4. The molecule has 1 aliphatic carbocycles. The first-order valence-electron chi connectivity index (χ1n) is 8.64. The van der Waals surface area contributed by atoms with Crippen molar-refractivity contribution in [2.75, 3.05) is 5.32 Å². The van der Waals surface area contributed by atoms with Crippen molar-refractivity contribution in [3.05, 3.63) is 47.1 Å². The van der Waals surface area contributed by atoms with Crippen molar-refractivity contribution in [2.45, 2.75) is 44.7 Å². The van der Waals surface area contributed by atoms with Crippen molar-refractivity contribution in [1.82, 2.24) is 14.3 Å². The van der Waals surface area contributed by atoms with Crippen molar-refractivity contribution >= 4 is 22.8 Å². The number of oxazole rings is 1. The van der Waals surface area contributed by atoms with E-state index in [0.717, 1.165) is 18.7 Å². The van der Waals surface area contributed by atoms with Gasteiger partial charge in [-0.1, -0.05) is 25.0 Å². The summed E-state index contributed by atoms with van der Waals surface area (Å²) in [6, 6.07) is 9.39. The first kappa shape index (κ1) is 15.7. The van der Waals surface area contributed by atoms with Gasteiger partial charge in [0.05, 0.1) is 17.8 Å². The lowest BCUT2D eigenvalue weighted by Gasteiger charge is -2.14. The molecule has 0 atom stereocenters. The van der Waals surface area contributed by atoms with Crippen LogP contribution in [0.25, 0.3) is 11.1 Å². The minimum atomic E-state index is -0.440. The van der Waals surface area contributed by atoms with Crippen LogP contribution >= 0.6 is 0 Å². The highest BCUT2D eigenvalue weighted by Crippen LogP contribution is 2.31. The molecule has 25 heavy (non-hydrogen) atoms. The second kappa shape index (κ2) is 6.58. The standard InChI is InChI=1S/C18H20N4O3/c23-17(20-16-9-11-19-22(16)13-5-1-2-6-13)10-12-21-14-7-3-4-8-15(14)25-18(21)24/h3-4,7-9,11,13H,1-2,5-6,10,12H2,(H,20,23). The van der Waals surface area contributed by atoms with E-state index >= 15 is 0 Å². The van der Waals surface area contributed by atoms with Gasteiger partial charge < -0.3 is 9.73 Å². The molecule has 1 saturated carbocycles. The van der Waals surface area contributed by atoms with Gasteiger partial charge in [-0.2, -0.15) is 5.10 Å². The maximum atomic E-state index is 12.3. The molecule has 3 aromatic rings. The number of amides is 1. The van der Waals surface area contributed by atoms with Crippen molar-refractivity contribution in [2.24, 2.45) is 0 Å². The molecule has 0 radical (unpaired) electrons. The number of benzene rings is 1. The average molecular weight is 340 g/mol. The van der Waals surface area contributed by atoms with E-state index in [1.807, 2.05) is 28.9 Å². The van der Waals surface area contributed by atoms with Gasteiger partial charge >= 0.3 is 5.76 Å². The molecule has 0 spiro atoms. The van der Waals surface area contributed by atoms with Gasteiger partial charge in [-0.15, -0.1) is 0 Å². The van der Waals surface area contributed by atoms with Crippen LogP contribution in [0.3, 0.4) is 0 Å². The van der Waals surface area contributed by atoms with Gasteiger partial charge in [0.1, 0.15) is 5.82 Å². The quantitative estimate of drug-likeness (QED) is 0.774. The molecule has 1 N–H and O–H groups in total. The van der Waals surface area contributed by atoms with E-state index < -0.39 is 5.76 Å². The van der Waals surface area contributed by atoms with Crippen LogP contribution in [0, 0.1) is 0 Å². The number of aryl methyl sites for hydroxylation is 1. The van der Waals surface area contributed by atoms with Gasteiger partial charge in [-0.05, 0) is 25.0 Å². The molecule has 1 aromatic carbocycles. The van der Waals surface area contributed by atoms with Crippen molar-refractivity contribution in [3.8, 4) is 0 Å². The van der Waals surface area contributed by atoms with E-state index in [-0.39, 0.29) is 18.9 Å². The number of aromatic nitrogens is 3. The zero-order valence-electron chi connectivity index (χ0n) is 13.9. The predicted octanol–water partition coefficient (Wildman–Crippen LogP) is 2.93. The molecular formula is C18H20N4O3. The molecular weight excluding hydrogens is 320 g/mol. The predicted molar refractivity (Wildman–Crippen MR) is 93.5 cm³/mol. The first-order chi connectivity index (χ1) is 12.2. The summed E-state index contributed by atoms with van der Waals surface area (Å²) < 4.78 is 8.58. The van der Waals surface area contributed by atoms with Crippen molar-refractivity contribution < 1.29 is 9.21 Å². The van der Waals surface area contributed by atoms with Crippen LogP contribution in [0.5, 0.6) is 0 Å². The molecule has 7 heteroatoms. The number of fused-ring (bicyclic) bond motifs is 1. The molecule has 1 aliphatic rings. The third-order valence-corrected chi connectivity index (χ3v) is 4.74. The number of para-hydroxylation sites is 2. The lowest BCUT2D eigenvalue weighted by molar-refractivity contribution is -0.116. The lowest BCUT2D eigenvalue weighted by atomic mass is 10.2. The largest absolute Gasteiger partial charge is 0.419 e. The Kier molecular flexibility index (Phi) is 4.13. The smallest absolute Gasteiger partial charge is 0.408 e. The van der Waals surface area contributed by atoms with Crippen LogP contribution < -0.4 is 11.1 Å². The molecule has 0 unspecified atom stereocenters. The number of hydrogen-bond donors (Lipinski definition) is 1. The second-order valence-corrected chi connectivity index (χ2v) is 6.38. The van der Waals surface area contributed by atoms with Crippen LogP contribution in [-0.2, 0) is 11.3 Å². The summed E-state index contributed by atoms with van der Waals surface area (Å²) >= 11 is 0. The highest BCUT2D eigenvalue weighted by molar-refractivity contribution is 5.89. The Morgan fingerprint density at radius 3 is 2.88 bits per heavy atom. The average Bonchev–Trinajstić information content (AvgIpc) is 3.32. The highest BCUT2D eigenvalue weighted by Gasteiger charge is 2.20. The summed E-state index contributed by atoms with van der Waals surface area (Å²) in [5, 5.41) is 7.26. The summed E-state index contributed by atoms with van der Waals surface area (Å²) in [7, 11) is 0. The molecule has 7 nitrogen and oxygen atoms in total. The molecule has 0 aliphatic heterocycles. The van der Waals surface area contributed by atoms with Crippen LogP contribution in [0.2, 0.25) is 0 Å². The Hall–Kier alpha value is -2.83. The monoisotopic (exact) mass is 340 g/mol. The summed E-state index contributed by atoms with van der Waals surface area (Å²) in [4.78, 5) is 24.3. The topological polar surface area (TPSA) is 82.1 Å². The first-order valence-corrected chi connectivity index (χ1v) is 8.64. The van der Waals surface area contributed by atoms with E-state index in [2.05, 4.69) is 10.4 Å². The van der Waals surface area contributed by atoms with E-state index in [9.17, 15) is 9.59 Å². The van der Waals surface area contributed by atoms with Crippen molar-refractivity contribution in [3.63, 3.8) is 0 Å². The molecule has 2 heterocycles. The minimum absolute atomic E-state index is 0.142. The Morgan fingerprint density at radius 2 is 2.04 bits per heavy atom. The third-order valence-electron chi connectivity index (χ3n) is 4.74. The molecule has 0 saturated heterocycles. The number of carbonyl (C=O) groups excluding carboxylic acids is 1. The summed E-state index contributed by atoms with van der Waals surface area (Å²) in [6.45, 7) is 0.277.